The Morgan fingerprint density at radius 2 is 2.00 bits per heavy atom. The van der Waals surface area contributed by atoms with E-state index in [0.717, 1.165) is 18.5 Å². The van der Waals surface area contributed by atoms with Crippen LogP contribution in [0, 0.1) is 5.92 Å². The van der Waals surface area contributed by atoms with E-state index in [9.17, 15) is 0 Å². The zero-order valence-electron chi connectivity index (χ0n) is 11.7. The standard InChI is InChI=1S/C16H22N2/c1-5-14-16(17-12(4)10-11(2)3)13-8-6-7-9-15(13)18-14/h6-9,11,18H,5,10H2,1-4H3. The van der Waals surface area contributed by atoms with Crippen molar-refractivity contribution in [3.05, 3.63) is 30.0 Å². The predicted octanol–water partition coefficient (Wildman–Crippen LogP) is 4.87. The second-order valence-electron chi connectivity index (χ2n) is 5.30. The maximum Gasteiger partial charge on any atom is 0.0914 e. The maximum absolute atomic E-state index is 4.84. The number of aliphatic imine (C=N–C) groups is 1. The van der Waals surface area contributed by atoms with Gasteiger partial charge in [-0.3, -0.25) is 4.99 Å². The number of hydrogen-bond acceptors (Lipinski definition) is 1. The number of aromatic amines is 1. The molecule has 2 nitrogen and oxygen atoms in total. The lowest BCUT2D eigenvalue weighted by Crippen LogP contribution is -1.97. The molecule has 0 atom stereocenters. The number of benzene rings is 1. The Labute approximate surface area is 109 Å². The van der Waals surface area contributed by atoms with Gasteiger partial charge in [0.25, 0.3) is 0 Å². The highest BCUT2D eigenvalue weighted by Crippen LogP contribution is 2.31. The van der Waals surface area contributed by atoms with Crippen molar-refractivity contribution in [2.45, 2.75) is 40.5 Å². The van der Waals surface area contributed by atoms with Crippen LogP contribution in [0.3, 0.4) is 0 Å². The van der Waals surface area contributed by atoms with E-state index in [0.29, 0.717) is 5.92 Å². The quantitative estimate of drug-likeness (QED) is 0.741. The minimum atomic E-state index is 0.657. The van der Waals surface area contributed by atoms with Crippen LogP contribution in [0.2, 0.25) is 0 Å². The fraction of sp³-hybridized carbons (Fsp3) is 0.438. The van der Waals surface area contributed by atoms with Gasteiger partial charge in [0, 0.05) is 22.3 Å². The molecule has 0 fully saturated rings. The Balaban J connectivity index is 2.48. The lowest BCUT2D eigenvalue weighted by molar-refractivity contribution is 0.682. The summed E-state index contributed by atoms with van der Waals surface area (Å²) in [6, 6.07) is 8.40. The number of nitrogens with one attached hydrogen (secondary N) is 1. The molecule has 0 radical (unpaired) electrons. The van der Waals surface area contributed by atoms with E-state index in [-0.39, 0.29) is 0 Å². The molecule has 0 aliphatic carbocycles. The van der Waals surface area contributed by atoms with Gasteiger partial charge < -0.3 is 4.98 Å². The molecule has 1 aromatic carbocycles. The minimum absolute atomic E-state index is 0.657. The summed E-state index contributed by atoms with van der Waals surface area (Å²) in [6.45, 7) is 8.76. The highest BCUT2D eigenvalue weighted by molar-refractivity contribution is 5.96. The van der Waals surface area contributed by atoms with E-state index in [1.807, 2.05) is 0 Å². The van der Waals surface area contributed by atoms with Gasteiger partial charge in [0.1, 0.15) is 0 Å². The van der Waals surface area contributed by atoms with Gasteiger partial charge >= 0.3 is 0 Å². The predicted molar refractivity (Wildman–Crippen MR) is 79.9 cm³/mol. The second kappa shape index (κ2) is 5.38. The lowest BCUT2D eigenvalue weighted by Gasteiger charge is -2.04. The summed E-state index contributed by atoms with van der Waals surface area (Å²) < 4.78 is 0. The number of rotatable bonds is 4. The number of aryl methyl sites for hydroxylation is 1. The summed E-state index contributed by atoms with van der Waals surface area (Å²) >= 11 is 0. The van der Waals surface area contributed by atoms with Gasteiger partial charge in [-0.05, 0) is 31.7 Å². The first kappa shape index (κ1) is 12.9. The van der Waals surface area contributed by atoms with Crippen LogP contribution in [0.1, 0.15) is 39.8 Å². The SMILES string of the molecule is CCc1[nH]c2ccccc2c1N=C(C)CC(C)C. The van der Waals surface area contributed by atoms with Gasteiger partial charge in [-0.25, -0.2) is 0 Å². The van der Waals surface area contributed by atoms with E-state index in [2.05, 4.69) is 56.9 Å². The third-order valence-electron chi connectivity index (χ3n) is 3.11. The molecule has 0 aliphatic heterocycles. The Kier molecular flexibility index (Phi) is 3.85. The van der Waals surface area contributed by atoms with Crippen molar-refractivity contribution in [1.82, 2.24) is 4.98 Å². The number of H-pyrrole nitrogens is 1. The third-order valence-corrected chi connectivity index (χ3v) is 3.11. The van der Waals surface area contributed by atoms with Crippen molar-refractivity contribution in [3.63, 3.8) is 0 Å². The van der Waals surface area contributed by atoms with Crippen LogP contribution in [-0.2, 0) is 6.42 Å². The Bertz CT molecular complexity index is 561. The van der Waals surface area contributed by atoms with E-state index < -0.39 is 0 Å². The summed E-state index contributed by atoms with van der Waals surface area (Å²) in [6.07, 6.45) is 2.05. The second-order valence-corrected chi connectivity index (χ2v) is 5.30. The van der Waals surface area contributed by atoms with Crippen molar-refractivity contribution in [3.8, 4) is 0 Å². The van der Waals surface area contributed by atoms with Gasteiger partial charge in [0.15, 0.2) is 0 Å². The first-order chi connectivity index (χ1) is 8.61. The van der Waals surface area contributed by atoms with Crippen LogP contribution < -0.4 is 0 Å². The number of nitrogens with zero attached hydrogens (tertiary/aromatic N) is 1. The monoisotopic (exact) mass is 242 g/mol. The Hall–Kier alpha value is -1.57. The van der Waals surface area contributed by atoms with Crippen LogP contribution in [0.4, 0.5) is 5.69 Å². The zero-order chi connectivity index (χ0) is 13.1. The normalized spacial score (nSPS) is 12.6. The number of aromatic nitrogens is 1. The summed E-state index contributed by atoms with van der Waals surface area (Å²) in [5.41, 5.74) is 4.76. The van der Waals surface area contributed by atoms with Gasteiger partial charge in [-0.15, -0.1) is 0 Å². The molecule has 2 heteroatoms. The fourth-order valence-electron chi connectivity index (χ4n) is 2.39. The maximum atomic E-state index is 4.84. The highest BCUT2D eigenvalue weighted by Gasteiger charge is 2.09. The van der Waals surface area contributed by atoms with Gasteiger partial charge in [0.2, 0.25) is 0 Å². The van der Waals surface area contributed by atoms with Crippen LogP contribution in [0.25, 0.3) is 10.9 Å². The summed E-state index contributed by atoms with van der Waals surface area (Å²) in [7, 11) is 0. The van der Waals surface area contributed by atoms with Crippen molar-refractivity contribution in [2.24, 2.45) is 10.9 Å². The molecular formula is C16H22N2. The van der Waals surface area contributed by atoms with Crippen molar-refractivity contribution in [2.75, 3.05) is 0 Å². The van der Waals surface area contributed by atoms with Crippen LogP contribution in [-0.4, -0.2) is 10.7 Å². The molecule has 0 unspecified atom stereocenters. The zero-order valence-corrected chi connectivity index (χ0v) is 11.7. The fourth-order valence-corrected chi connectivity index (χ4v) is 2.39. The molecule has 96 valence electrons. The topological polar surface area (TPSA) is 28.1 Å². The number of hydrogen-bond donors (Lipinski definition) is 1. The summed E-state index contributed by atoms with van der Waals surface area (Å²) in [5.74, 6) is 0.657. The van der Waals surface area contributed by atoms with Crippen molar-refractivity contribution >= 4 is 22.3 Å². The van der Waals surface area contributed by atoms with E-state index in [1.165, 1.54) is 22.3 Å². The molecule has 2 aromatic rings. The molecule has 0 bridgehead atoms. The molecule has 0 saturated carbocycles. The largest absolute Gasteiger partial charge is 0.357 e. The molecule has 1 N–H and O–H groups in total. The molecule has 0 spiro atoms. The van der Waals surface area contributed by atoms with E-state index in [4.69, 9.17) is 4.99 Å². The molecule has 0 saturated heterocycles. The molecule has 0 amide bonds. The van der Waals surface area contributed by atoms with Crippen LogP contribution >= 0.6 is 0 Å². The lowest BCUT2D eigenvalue weighted by atomic mass is 10.1. The number of para-hydroxylation sites is 1. The molecule has 2 rings (SSSR count). The van der Waals surface area contributed by atoms with Gasteiger partial charge in [0.05, 0.1) is 5.69 Å². The summed E-state index contributed by atoms with van der Waals surface area (Å²) in [5, 5.41) is 1.23. The van der Waals surface area contributed by atoms with Gasteiger partial charge in [-0.2, -0.15) is 0 Å². The van der Waals surface area contributed by atoms with Crippen LogP contribution in [0.15, 0.2) is 29.3 Å². The molecular weight excluding hydrogens is 220 g/mol. The summed E-state index contributed by atoms with van der Waals surface area (Å²) in [4.78, 5) is 8.31. The van der Waals surface area contributed by atoms with Crippen LogP contribution in [0.5, 0.6) is 0 Å². The van der Waals surface area contributed by atoms with E-state index >= 15 is 0 Å². The minimum Gasteiger partial charge on any atom is -0.357 e. The average Bonchev–Trinajstić information content (AvgIpc) is 2.66. The Morgan fingerprint density at radius 1 is 1.28 bits per heavy atom. The van der Waals surface area contributed by atoms with Crippen molar-refractivity contribution in [1.29, 1.82) is 0 Å². The molecule has 1 heterocycles. The first-order valence-electron chi connectivity index (χ1n) is 6.75. The highest BCUT2D eigenvalue weighted by atomic mass is 14.8. The number of fused-ring (bicyclic) bond motifs is 1. The average molecular weight is 242 g/mol. The Morgan fingerprint density at radius 3 is 2.67 bits per heavy atom. The first-order valence-corrected chi connectivity index (χ1v) is 6.75. The third kappa shape index (κ3) is 2.63. The smallest absolute Gasteiger partial charge is 0.0914 e. The molecule has 0 aliphatic rings. The molecule has 18 heavy (non-hydrogen) atoms. The van der Waals surface area contributed by atoms with E-state index in [1.54, 1.807) is 0 Å². The van der Waals surface area contributed by atoms with Crippen molar-refractivity contribution < 1.29 is 0 Å². The van der Waals surface area contributed by atoms with Gasteiger partial charge in [-0.1, -0.05) is 39.0 Å². The molecule has 1 aromatic heterocycles.